The number of pyridine rings is 1. The number of carbonyl (C=O) groups excluding carboxylic acids is 1. The molecule has 1 saturated carbocycles. The Morgan fingerprint density at radius 1 is 1.05 bits per heavy atom. The van der Waals surface area contributed by atoms with Crippen molar-refractivity contribution >= 4 is 11.8 Å². The minimum atomic E-state index is -0.733. The molecule has 0 bridgehead atoms. The molecule has 0 amide bonds. The Kier molecular flexibility index (Phi) is 8.98. The van der Waals surface area contributed by atoms with Gasteiger partial charge in [-0.05, 0) is 71.7 Å². The summed E-state index contributed by atoms with van der Waals surface area (Å²) in [6.07, 6.45) is 1.31. The molecule has 4 atom stereocenters. The van der Waals surface area contributed by atoms with Crippen LogP contribution in [-0.2, 0) is 21.4 Å². The molecule has 2 fully saturated rings. The van der Waals surface area contributed by atoms with E-state index in [1.54, 1.807) is 13.1 Å². The third-order valence-electron chi connectivity index (χ3n) is 8.04. The molecule has 1 aliphatic heterocycles. The SMILES string of the molecule is CCOC(=O)[C@H](Cc1ccc(OCCN[C@@H]2C3CN(c4ccc(C#N)cn4)C[C@H]32)cc1)Oc1ccc(C(C)(C)C)cc1. The number of rotatable bonds is 12. The van der Waals surface area contributed by atoms with Crippen LogP contribution in [0.4, 0.5) is 5.82 Å². The van der Waals surface area contributed by atoms with E-state index in [4.69, 9.17) is 19.5 Å². The van der Waals surface area contributed by atoms with Crippen LogP contribution in [-0.4, -0.2) is 55.9 Å². The zero-order valence-electron chi connectivity index (χ0n) is 24.9. The third-order valence-corrected chi connectivity index (χ3v) is 8.04. The topological polar surface area (TPSA) is 96.7 Å². The monoisotopic (exact) mass is 568 g/mol. The predicted molar refractivity (Wildman–Crippen MR) is 162 cm³/mol. The van der Waals surface area contributed by atoms with Gasteiger partial charge in [0, 0.05) is 38.3 Å². The molecule has 0 radical (unpaired) electrons. The predicted octanol–water partition coefficient (Wildman–Crippen LogP) is 4.91. The van der Waals surface area contributed by atoms with Gasteiger partial charge in [0.25, 0.3) is 0 Å². The van der Waals surface area contributed by atoms with Crippen molar-refractivity contribution in [2.75, 3.05) is 37.7 Å². The van der Waals surface area contributed by atoms with Gasteiger partial charge in [-0.2, -0.15) is 5.26 Å². The number of anilines is 1. The lowest BCUT2D eigenvalue weighted by atomic mass is 9.87. The molecule has 1 unspecified atom stereocenters. The normalized spacial score (nSPS) is 19.9. The lowest BCUT2D eigenvalue weighted by molar-refractivity contribution is -0.151. The number of hydrogen-bond donors (Lipinski definition) is 1. The largest absolute Gasteiger partial charge is 0.492 e. The van der Waals surface area contributed by atoms with Crippen molar-refractivity contribution in [1.82, 2.24) is 10.3 Å². The van der Waals surface area contributed by atoms with Crippen LogP contribution >= 0.6 is 0 Å². The van der Waals surface area contributed by atoms with Gasteiger partial charge in [-0.1, -0.05) is 45.0 Å². The number of benzene rings is 2. The lowest BCUT2D eigenvalue weighted by Crippen LogP contribution is -2.33. The molecule has 5 rings (SSSR count). The molecule has 8 heteroatoms. The van der Waals surface area contributed by atoms with E-state index in [9.17, 15) is 4.79 Å². The summed E-state index contributed by atoms with van der Waals surface area (Å²) in [5.74, 6) is 3.28. The smallest absolute Gasteiger partial charge is 0.347 e. The highest BCUT2D eigenvalue weighted by Crippen LogP contribution is 2.46. The van der Waals surface area contributed by atoms with Crippen LogP contribution in [0.15, 0.2) is 66.9 Å². The first-order valence-electron chi connectivity index (χ1n) is 14.7. The van der Waals surface area contributed by atoms with Gasteiger partial charge in [-0.25, -0.2) is 9.78 Å². The Morgan fingerprint density at radius 2 is 1.74 bits per heavy atom. The number of nitrogens with zero attached hydrogens (tertiary/aromatic N) is 3. The highest BCUT2D eigenvalue weighted by Gasteiger charge is 2.55. The summed E-state index contributed by atoms with van der Waals surface area (Å²) in [7, 11) is 0. The quantitative estimate of drug-likeness (QED) is 0.243. The summed E-state index contributed by atoms with van der Waals surface area (Å²) < 4.78 is 17.3. The molecule has 2 aromatic carbocycles. The Morgan fingerprint density at radius 3 is 2.33 bits per heavy atom. The van der Waals surface area contributed by atoms with E-state index in [2.05, 4.69) is 42.0 Å². The van der Waals surface area contributed by atoms with Crippen LogP contribution in [0.2, 0.25) is 0 Å². The van der Waals surface area contributed by atoms with E-state index in [1.807, 2.05) is 60.7 Å². The van der Waals surface area contributed by atoms with Crippen molar-refractivity contribution in [1.29, 1.82) is 5.26 Å². The fourth-order valence-electron chi connectivity index (χ4n) is 5.59. The van der Waals surface area contributed by atoms with Gasteiger partial charge in [0.05, 0.1) is 12.2 Å². The second kappa shape index (κ2) is 12.8. The van der Waals surface area contributed by atoms with Crippen LogP contribution in [0.25, 0.3) is 0 Å². The highest BCUT2D eigenvalue weighted by molar-refractivity contribution is 5.75. The molecule has 1 aromatic heterocycles. The number of piperidine rings is 1. The fraction of sp³-hybridized carbons (Fsp3) is 0.441. The summed E-state index contributed by atoms with van der Waals surface area (Å²) in [5.41, 5.74) is 2.81. The maximum absolute atomic E-state index is 12.7. The summed E-state index contributed by atoms with van der Waals surface area (Å²) >= 11 is 0. The zero-order chi connectivity index (χ0) is 29.7. The molecule has 1 aliphatic carbocycles. The van der Waals surface area contributed by atoms with Gasteiger partial charge in [0.2, 0.25) is 0 Å². The summed E-state index contributed by atoms with van der Waals surface area (Å²) in [6.45, 7) is 11.9. The minimum Gasteiger partial charge on any atom is -0.492 e. The Bertz CT molecular complexity index is 1370. The van der Waals surface area contributed by atoms with Gasteiger partial charge in [-0.15, -0.1) is 0 Å². The first-order valence-corrected chi connectivity index (χ1v) is 14.7. The molecule has 8 nitrogen and oxygen atoms in total. The van der Waals surface area contributed by atoms with Crippen molar-refractivity contribution in [3.63, 3.8) is 0 Å². The highest BCUT2D eigenvalue weighted by atomic mass is 16.6. The molecule has 2 heterocycles. The molecule has 3 aromatic rings. The van der Waals surface area contributed by atoms with E-state index in [1.165, 1.54) is 5.56 Å². The van der Waals surface area contributed by atoms with Crippen molar-refractivity contribution < 1.29 is 19.0 Å². The average molecular weight is 569 g/mol. The zero-order valence-corrected chi connectivity index (χ0v) is 24.9. The van der Waals surface area contributed by atoms with Gasteiger partial charge in [-0.3, -0.25) is 0 Å². The van der Waals surface area contributed by atoms with Crippen LogP contribution in [0, 0.1) is 23.2 Å². The van der Waals surface area contributed by atoms with Crippen LogP contribution in [0.1, 0.15) is 44.4 Å². The van der Waals surface area contributed by atoms with E-state index < -0.39 is 6.10 Å². The maximum atomic E-state index is 12.7. The molecule has 0 spiro atoms. The molecule has 2 aliphatic rings. The number of fused-ring (bicyclic) bond motifs is 1. The van der Waals surface area contributed by atoms with E-state index in [-0.39, 0.29) is 11.4 Å². The number of hydrogen-bond acceptors (Lipinski definition) is 8. The maximum Gasteiger partial charge on any atom is 0.347 e. The van der Waals surface area contributed by atoms with Gasteiger partial charge in [0.15, 0.2) is 6.10 Å². The number of esters is 1. The number of ether oxygens (including phenoxy) is 3. The van der Waals surface area contributed by atoms with Gasteiger partial charge in [0.1, 0.15) is 30.0 Å². The summed E-state index contributed by atoms with van der Waals surface area (Å²) in [5, 5.41) is 12.6. The summed E-state index contributed by atoms with van der Waals surface area (Å²) in [4.78, 5) is 19.4. The number of carbonyl (C=O) groups is 1. The second-order valence-corrected chi connectivity index (χ2v) is 12.1. The first-order chi connectivity index (χ1) is 20.2. The van der Waals surface area contributed by atoms with Gasteiger partial charge >= 0.3 is 5.97 Å². The molecule has 1 saturated heterocycles. The average Bonchev–Trinajstić information content (AvgIpc) is 3.43. The van der Waals surface area contributed by atoms with Crippen LogP contribution < -0.4 is 19.7 Å². The second-order valence-electron chi connectivity index (χ2n) is 12.1. The molecule has 1 N–H and O–H groups in total. The minimum absolute atomic E-state index is 0.0454. The number of nitriles is 1. The lowest BCUT2D eigenvalue weighted by Gasteiger charge is -2.21. The molecule has 42 heavy (non-hydrogen) atoms. The Balaban J connectivity index is 1.05. The van der Waals surface area contributed by atoms with E-state index in [0.717, 1.165) is 36.8 Å². The number of aromatic nitrogens is 1. The van der Waals surface area contributed by atoms with Gasteiger partial charge < -0.3 is 24.4 Å². The molecule has 220 valence electrons. The van der Waals surface area contributed by atoms with Crippen molar-refractivity contribution in [3.05, 3.63) is 83.6 Å². The molecular formula is C34H40N4O4. The van der Waals surface area contributed by atoms with Crippen molar-refractivity contribution in [2.24, 2.45) is 11.8 Å². The fourth-order valence-corrected chi connectivity index (χ4v) is 5.59. The summed E-state index contributed by atoms with van der Waals surface area (Å²) in [6, 6.07) is 22.1. The Labute approximate surface area is 248 Å². The Hall–Kier alpha value is -4.09. The van der Waals surface area contributed by atoms with Crippen molar-refractivity contribution in [3.8, 4) is 17.6 Å². The van der Waals surface area contributed by atoms with E-state index >= 15 is 0 Å². The van der Waals surface area contributed by atoms with Crippen LogP contribution in [0.5, 0.6) is 11.5 Å². The number of nitrogens with one attached hydrogen (secondary N) is 1. The first kappa shape index (κ1) is 29.4. The van der Waals surface area contributed by atoms with E-state index in [0.29, 0.717) is 48.8 Å². The molecular weight excluding hydrogens is 528 g/mol. The third kappa shape index (κ3) is 7.21. The standard InChI is InChI=1S/C34H40N4O4/c1-5-40-33(39)30(42-27-13-9-25(10-14-27)34(2,3)4)18-23-6-11-26(12-7-23)41-17-16-36-32-28-21-38(22-29(28)32)31-15-8-24(19-35)20-37-31/h6-15,20,28-30,32,36H,5,16-18,21-22H2,1-4H3/t28-,29?,30+,32+/m1/s1. The van der Waals surface area contributed by atoms with Crippen LogP contribution in [0.3, 0.4) is 0 Å². The van der Waals surface area contributed by atoms with Crippen molar-refractivity contribution in [2.45, 2.75) is 51.7 Å².